The molecular weight excluding hydrogens is 311 g/mol. The molecule has 0 aliphatic heterocycles. The van der Waals surface area contributed by atoms with Gasteiger partial charge in [-0.25, -0.2) is 9.18 Å². The predicted molar refractivity (Wildman–Crippen MR) is 89.2 cm³/mol. The summed E-state index contributed by atoms with van der Waals surface area (Å²) in [6.45, 7) is 2.81. The highest BCUT2D eigenvalue weighted by Crippen LogP contribution is 2.14. The van der Waals surface area contributed by atoms with Gasteiger partial charge in [0.1, 0.15) is 11.6 Å². The van der Waals surface area contributed by atoms with E-state index in [2.05, 4.69) is 10.6 Å². The van der Waals surface area contributed by atoms with E-state index in [1.54, 1.807) is 6.07 Å². The summed E-state index contributed by atoms with van der Waals surface area (Å²) in [6, 6.07) is 12.7. The fourth-order valence-corrected chi connectivity index (χ4v) is 2.18. The molecule has 6 heteroatoms. The van der Waals surface area contributed by atoms with Crippen molar-refractivity contribution in [2.45, 2.75) is 19.6 Å². The van der Waals surface area contributed by atoms with Gasteiger partial charge < -0.3 is 20.5 Å². The maximum atomic E-state index is 13.1. The van der Waals surface area contributed by atoms with Gasteiger partial charge in [-0.2, -0.15) is 0 Å². The van der Waals surface area contributed by atoms with Crippen molar-refractivity contribution in [2.24, 2.45) is 0 Å². The smallest absolute Gasteiger partial charge is 0.315 e. The first-order chi connectivity index (χ1) is 11.6. The Hall–Kier alpha value is -2.60. The number of aliphatic hydroxyl groups excluding tert-OH is 1. The van der Waals surface area contributed by atoms with Gasteiger partial charge in [-0.1, -0.05) is 24.3 Å². The monoisotopic (exact) mass is 332 g/mol. The van der Waals surface area contributed by atoms with E-state index in [1.807, 2.05) is 31.2 Å². The molecule has 5 nitrogen and oxygen atoms in total. The van der Waals surface area contributed by atoms with Crippen molar-refractivity contribution in [1.29, 1.82) is 0 Å². The minimum Gasteiger partial charge on any atom is -0.494 e. The van der Waals surface area contributed by atoms with Gasteiger partial charge in [0.15, 0.2) is 0 Å². The van der Waals surface area contributed by atoms with Crippen LogP contribution in [0, 0.1) is 5.82 Å². The second kappa shape index (κ2) is 8.88. The van der Waals surface area contributed by atoms with E-state index >= 15 is 0 Å². The second-order valence-corrected chi connectivity index (χ2v) is 5.21. The van der Waals surface area contributed by atoms with E-state index in [0.717, 1.165) is 11.3 Å². The van der Waals surface area contributed by atoms with Crippen LogP contribution in [0.5, 0.6) is 5.75 Å². The van der Waals surface area contributed by atoms with E-state index in [4.69, 9.17) is 4.74 Å². The Kier molecular flexibility index (Phi) is 6.57. The van der Waals surface area contributed by atoms with Crippen LogP contribution >= 0.6 is 0 Å². The fourth-order valence-electron chi connectivity index (χ4n) is 2.18. The summed E-state index contributed by atoms with van der Waals surface area (Å²) in [4.78, 5) is 11.8. The Bertz CT molecular complexity index is 679. The van der Waals surface area contributed by atoms with Gasteiger partial charge in [-0.05, 0) is 42.3 Å². The first kappa shape index (κ1) is 17.7. The largest absolute Gasteiger partial charge is 0.494 e. The first-order valence-corrected chi connectivity index (χ1v) is 7.75. The molecule has 2 rings (SSSR count). The molecule has 0 aliphatic carbocycles. The summed E-state index contributed by atoms with van der Waals surface area (Å²) in [5, 5.41) is 15.2. The molecule has 0 aromatic heterocycles. The van der Waals surface area contributed by atoms with E-state index in [0.29, 0.717) is 18.7 Å². The molecule has 0 spiro atoms. The summed E-state index contributed by atoms with van der Waals surface area (Å²) in [7, 11) is 0. The van der Waals surface area contributed by atoms with Gasteiger partial charge >= 0.3 is 6.03 Å². The zero-order chi connectivity index (χ0) is 17.4. The number of nitrogens with one attached hydrogen (secondary N) is 2. The van der Waals surface area contributed by atoms with Crippen molar-refractivity contribution in [3.63, 3.8) is 0 Å². The molecule has 0 radical (unpaired) electrons. The number of aliphatic hydroxyl groups is 1. The minimum atomic E-state index is -0.965. The predicted octanol–water partition coefficient (Wildman–Crippen LogP) is 2.76. The van der Waals surface area contributed by atoms with Crippen LogP contribution in [-0.2, 0) is 6.54 Å². The number of benzene rings is 2. The summed E-state index contributed by atoms with van der Waals surface area (Å²) in [6.07, 6.45) is -0.965. The molecule has 0 fully saturated rings. The van der Waals surface area contributed by atoms with Gasteiger partial charge in [0.2, 0.25) is 0 Å². The zero-order valence-corrected chi connectivity index (χ0v) is 13.5. The highest BCUT2D eigenvalue weighted by molar-refractivity contribution is 5.73. The molecule has 2 aromatic rings. The SMILES string of the molecule is CCOc1cccc(CNC(=O)NC[C@@H](O)c2cccc(F)c2)c1. The Morgan fingerprint density at radius 3 is 2.75 bits per heavy atom. The average molecular weight is 332 g/mol. The number of urea groups is 1. The Morgan fingerprint density at radius 1 is 1.21 bits per heavy atom. The van der Waals surface area contributed by atoms with Gasteiger partial charge in [0.05, 0.1) is 12.7 Å². The molecule has 2 amide bonds. The number of ether oxygens (including phenoxy) is 1. The number of rotatable bonds is 7. The highest BCUT2D eigenvalue weighted by Gasteiger charge is 2.10. The van der Waals surface area contributed by atoms with Crippen molar-refractivity contribution < 1.29 is 19.0 Å². The summed E-state index contributed by atoms with van der Waals surface area (Å²) < 4.78 is 18.5. The van der Waals surface area contributed by atoms with Crippen molar-refractivity contribution in [2.75, 3.05) is 13.2 Å². The lowest BCUT2D eigenvalue weighted by Gasteiger charge is -2.13. The molecule has 0 saturated heterocycles. The van der Waals surface area contributed by atoms with E-state index in [-0.39, 0.29) is 6.54 Å². The van der Waals surface area contributed by atoms with Crippen LogP contribution in [0.3, 0.4) is 0 Å². The molecule has 3 N–H and O–H groups in total. The van der Waals surface area contributed by atoms with Gasteiger partial charge in [-0.15, -0.1) is 0 Å². The third-order valence-electron chi connectivity index (χ3n) is 3.35. The first-order valence-electron chi connectivity index (χ1n) is 7.75. The van der Waals surface area contributed by atoms with Crippen molar-refractivity contribution >= 4 is 6.03 Å². The molecule has 0 aliphatic rings. The number of hydrogen-bond acceptors (Lipinski definition) is 3. The lowest BCUT2D eigenvalue weighted by Crippen LogP contribution is -2.37. The van der Waals surface area contributed by atoms with Crippen LogP contribution in [0.25, 0.3) is 0 Å². The van der Waals surface area contributed by atoms with Crippen molar-refractivity contribution in [1.82, 2.24) is 10.6 Å². The lowest BCUT2D eigenvalue weighted by atomic mass is 10.1. The lowest BCUT2D eigenvalue weighted by molar-refractivity contribution is 0.172. The van der Waals surface area contributed by atoms with Gasteiger partial charge in [-0.3, -0.25) is 0 Å². The molecule has 0 unspecified atom stereocenters. The number of carbonyl (C=O) groups is 1. The van der Waals surface area contributed by atoms with E-state index in [1.165, 1.54) is 18.2 Å². The second-order valence-electron chi connectivity index (χ2n) is 5.21. The third-order valence-corrected chi connectivity index (χ3v) is 3.35. The topological polar surface area (TPSA) is 70.6 Å². The van der Waals surface area contributed by atoms with E-state index < -0.39 is 18.0 Å². The molecule has 128 valence electrons. The van der Waals surface area contributed by atoms with Gasteiger partial charge in [0.25, 0.3) is 0 Å². The van der Waals surface area contributed by atoms with Crippen LogP contribution in [-0.4, -0.2) is 24.3 Å². The number of hydrogen-bond donors (Lipinski definition) is 3. The number of carbonyl (C=O) groups excluding carboxylic acids is 1. The Labute approximate surface area is 140 Å². The van der Waals surface area contributed by atoms with Crippen LogP contribution in [0.1, 0.15) is 24.2 Å². The standard InChI is InChI=1S/C18H21FN2O3/c1-2-24-16-8-3-5-13(9-16)11-20-18(23)21-12-17(22)14-6-4-7-15(19)10-14/h3-10,17,22H,2,11-12H2,1H3,(H2,20,21,23)/t17-/m1/s1. The quantitative estimate of drug-likeness (QED) is 0.730. The summed E-state index contributed by atoms with van der Waals surface area (Å²) >= 11 is 0. The van der Waals surface area contributed by atoms with Crippen LogP contribution in [0.2, 0.25) is 0 Å². The zero-order valence-electron chi connectivity index (χ0n) is 13.5. The Morgan fingerprint density at radius 2 is 2.00 bits per heavy atom. The maximum absolute atomic E-state index is 13.1. The van der Waals surface area contributed by atoms with Gasteiger partial charge in [0, 0.05) is 13.1 Å². The Balaban J connectivity index is 1.78. The van der Waals surface area contributed by atoms with E-state index in [9.17, 15) is 14.3 Å². The van der Waals surface area contributed by atoms with Crippen LogP contribution in [0.4, 0.5) is 9.18 Å². The van der Waals surface area contributed by atoms with Crippen LogP contribution in [0.15, 0.2) is 48.5 Å². The number of halogens is 1. The molecule has 0 bridgehead atoms. The van der Waals surface area contributed by atoms with Crippen molar-refractivity contribution in [3.05, 3.63) is 65.5 Å². The molecule has 0 heterocycles. The fraction of sp³-hybridized carbons (Fsp3) is 0.278. The average Bonchev–Trinajstić information content (AvgIpc) is 2.58. The highest BCUT2D eigenvalue weighted by atomic mass is 19.1. The summed E-state index contributed by atoms with van der Waals surface area (Å²) in [5.74, 6) is 0.323. The molecule has 2 aromatic carbocycles. The van der Waals surface area contributed by atoms with Crippen LogP contribution < -0.4 is 15.4 Å². The molecular formula is C18H21FN2O3. The normalized spacial score (nSPS) is 11.6. The third kappa shape index (κ3) is 5.55. The van der Waals surface area contributed by atoms with Crippen molar-refractivity contribution in [3.8, 4) is 5.75 Å². The molecule has 24 heavy (non-hydrogen) atoms. The maximum Gasteiger partial charge on any atom is 0.315 e. The molecule has 1 atom stereocenters. The number of amides is 2. The molecule has 0 saturated carbocycles. The summed E-state index contributed by atoms with van der Waals surface area (Å²) in [5.41, 5.74) is 1.32. The minimum absolute atomic E-state index is 0.00568.